The molecule has 0 unspecified atom stereocenters. The van der Waals surface area contributed by atoms with Crippen LogP contribution in [0.25, 0.3) is 0 Å². The van der Waals surface area contributed by atoms with Gasteiger partial charge in [0.15, 0.2) is 0 Å². The van der Waals surface area contributed by atoms with Gasteiger partial charge in [0.1, 0.15) is 0 Å². The predicted octanol–water partition coefficient (Wildman–Crippen LogP) is 5.21. The number of nitro benzene ring substituents is 1. The van der Waals surface area contributed by atoms with E-state index in [1.165, 1.54) is 0 Å². The lowest BCUT2D eigenvalue weighted by Gasteiger charge is -2.38. The van der Waals surface area contributed by atoms with Crippen LogP contribution in [-0.4, -0.2) is 34.9 Å². The van der Waals surface area contributed by atoms with Gasteiger partial charge in [-0.05, 0) is 44.0 Å². The topological polar surface area (TPSA) is 66.7 Å². The first kappa shape index (κ1) is 21.7. The van der Waals surface area contributed by atoms with Crippen molar-refractivity contribution in [3.05, 3.63) is 106 Å². The summed E-state index contributed by atoms with van der Waals surface area (Å²) in [6.45, 7) is 4.14. The van der Waals surface area contributed by atoms with E-state index >= 15 is 0 Å². The molecule has 1 amide bonds. The molecule has 1 saturated heterocycles. The van der Waals surface area contributed by atoms with Gasteiger partial charge in [-0.2, -0.15) is 0 Å². The Morgan fingerprint density at radius 2 is 1.59 bits per heavy atom. The number of likely N-dealkylation sites (tertiary alicyclic amines) is 1. The van der Waals surface area contributed by atoms with Crippen molar-refractivity contribution in [2.45, 2.75) is 32.4 Å². The second kappa shape index (κ2) is 9.75. The van der Waals surface area contributed by atoms with Crippen LogP contribution in [-0.2, 0) is 6.54 Å². The van der Waals surface area contributed by atoms with E-state index < -0.39 is 0 Å². The van der Waals surface area contributed by atoms with E-state index in [9.17, 15) is 14.9 Å². The molecule has 3 aromatic carbocycles. The van der Waals surface area contributed by atoms with Crippen LogP contribution in [0.15, 0.2) is 78.9 Å². The number of piperidine rings is 1. The molecule has 0 spiro atoms. The van der Waals surface area contributed by atoms with E-state index in [1.807, 2.05) is 78.6 Å². The number of anilines is 1. The van der Waals surface area contributed by atoms with Crippen LogP contribution < -0.4 is 4.90 Å². The highest BCUT2D eigenvalue weighted by atomic mass is 16.6. The average Bonchev–Trinajstić information content (AvgIpc) is 2.82. The second-order valence-corrected chi connectivity index (χ2v) is 8.27. The number of benzene rings is 3. The van der Waals surface area contributed by atoms with Crippen LogP contribution in [0.2, 0.25) is 0 Å². The van der Waals surface area contributed by atoms with E-state index in [2.05, 4.69) is 4.90 Å². The van der Waals surface area contributed by atoms with Crippen molar-refractivity contribution in [2.75, 3.05) is 18.0 Å². The van der Waals surface area contributed by atoms with Crippen molar-refractivity contribution >= 4 is 17.3 Å². The van der Waals surface area contributed by atoms with Gasteiger partial charge in [0.2, 0.25) is 0 Å². The molecule has 1 heterocycles. The van der Waals surface area contributed by atoms with E-state index in [1.54, 1.807) is 12.1 Å². The molecule has 1 aliphatic rings. The van der Waals surface area contributed by atoms with E-state index in [0.717, 1.165) is 42.7 Å². The molecule has 0 saturated carbocycles. The number of carbonyl (C=O) groups is 1. The Kier molecular flexibility index (Phi) is 6.61. The van der Waals surface area contributed by atoms with Crippen LogP contribution in [0, 0.1) is 17.0 Å². The quantitative estimate of drug-likeness (QED) is 0.398. The Morgan fingerprint density at radius 1 is 0.969 bits per heavy atom. The summed E-state index contributed by atoms with van der Waals surface area (Å²) >= 11 is 0. The molecular weight excluding hydrogens is 402 g/mol. The zero-order valence-corrected chi connectivity index (χ0v) is 18.2. The number of nitrogens with zero attached hydrogens (tertiary/aromatic N) is 3. The van der Waals surface area contributed by atoms with Gasteiger partial charge in [-0.3, -0.25) is 19.8 Å². The zero-order valence-electron chi connectivity index (χ0n) is 18.2. The molecule has 0 atom stereocenters. The molecule has 1 aliphatic heterocycles. The monoisotopic (exact) mass is 429 g/mol. The molecule has 32 heavy (non-hydrogen) atoms. The van der Waals surface area contributed by atoms with Gasteiger partial charge in [0.05, 0.1) is 4.92 Å². The third kappa shape index (κ3) is 4.86. The fourth-order valence-corrected chi connectivity index (χ4v) is 4.32. The number of hydrogen-bond donors (Lipinski definition) is 0. The molecule has 0 bridgehead atoms. The summed E-state index contributed by atoms with van der Waals surface area (Å²) in [6.07, 6.45) is 1.63. The van der Waals surface area contributed by atoms with Crippen molar-refractivity contribution in [3.63, 3.8) is 0 Å². The fraction of sp³-hybridized carbons (Fsp3) is 0.269. The number of rotatable bonds is 6. The number of carbonyl (C=O) groups excluding carboxylic acids is 1. The molecule has 164 valence electrons. The Balaban J connectivity index is 1.51. The first-order chi connectivity index (χ1) is 15.5. The number of hydrogen-bond acceptors (Lipinski definition) is 4. The average molecular weight is 430 g/mol. The summed E-state index contributed by atoms with van der Waals surface area (Å²) in [5, 5.41) is 11.3. The van der Waals surface area contributed by atoms with Crippen molar-refractivity contribution in [2.24, 2.45) is 0 Å². The Bertz CT molecular complexity index is 1070. The number of nitro groups is 1. The third-order valence-electron chi connectivity index (χ3n) is 6.06. The molecule has 0 aliphatic carbocycles. The smallest absolute Gasteiger partial charge is 0.273 e. The highest BCUT2D eigenvalue weighted by Crippen LogP contribution is 2.28. The molecule has 0 aromatic heterocycles. The minimum Gasteiger partial charge on any atom is -0.305 e. The van der Waals surface area contributed by atoms with Gasteiger partial charge in [0, 0.05) is 48.6 Å². The van der Waals surface area contributed by atoms with Crippen molar-refractivity contribution in [3.8, 4) is 0 Å². The standard InChI is InChI=1S/C26H27N3O3/c1-20-11-13-23(14-12-20)28(26(30)21-7-3-2-4-8-21)24-15-17-27(18-16-24)19-22-9-5-6-10-25(22)29(31)32/h2-14,24H,15-19H2,1H3. The van der Waals surface area contributed by atoms with Gasteiger partial charge in [0.25, 0.3) is 11.6 Å². The number of aryl methyl sites for hydroxylation is 1. The third-order valence-corrected chi connectivity index (χ3v) is 6.06. The molecule has 0 radical (unpaired) electrons. The highest BCUT2D eigenvalue weighted by Gasteiger charge is 2.30. The van der Waals surface area contributed by atoms with Crippen molar-refractivity contribution in [1.29, 1.82) is 0 Å². The largest absolute Gasteiger partial charge is 0.305 e. The number of amides is 1. The predicted molar refractivity (Wildman–Crippen MR) is 126 cm³/mol. The minimum atomic E-state index is -0.320. The lowest BCUT2D eigenvalue weighted by molar-refractivity contribution is -0.385. The summed E-state index contributed by atoms with van der Waals surface area (Å²) in [5.74, 6) is 0.00611. The Hall–Kier alpha value is -3.51. The molecule has 6 nitrogen and oxygen atoms in total. The number of para-hydroxylation sites is 1. The maximum atomic E-state index is 13.5. The summed E-state index contributed by atoms with van der Waals surface area (Å²) in [4.78, 5) is 28.6. The van der Waals surface area contributed by atoms with Gasteiger partial charge < -0.3 is 4.90 Å². The molecule has 4 rings (SSSR count). The lowest BCUT2D eigenvalue weighted by Crippen LogP contribution is -2.47. The van der Waals surface area contributed by atoms with Crippen LogP contribution >= 0.6 is 0 Å². The first-order valence-electron chi connectivity index (χ1n) is 10.9. The highest BCUT2D eigenvalue weighted by molar-refractivity contribution is 6.06. The van der Waals surface area contributed by atoms with Crippen molar-refractivity contribution in [1.82, 2.24) is 4.90 Å². The minimum absolute atomic E-state index is 0.00611. The summed E-state index contributed by atoms with van der Waals surface area (Å²) in [6, 6.07) is 24.5. The van der Waals surface area contributed by atoms with E-state index in [4.69, 9.17) is 0 Å². The maximum absolute atomic E-state index is 13.5. The van der Waals surface area contributed by atoms with Gasteiger partial charge >= 0.3 is 0 Å². The van der Waals surface area contributed by atoms with Crippen LogP contribution in [0.4, 0.5) is 11.4 Å². The molecule has 6 heteroatoms. The maximum Gasteiger partial charge on any atom is 0.273 e. The zero-order chi connectivity index (χ0) is 22.5. The van der Waals surface area contributed by atoms with Crippen LogP contribution in [0.5, 0.6) is 0 Å². The van der Waals surface area contributed by atoms with E-state index in [0.29, 0.717) is 12.1 Å². The normalized spacial score (nSPS) is 14.8. The summed E-state index contributed by atoms with van der Waals surface area (Å²) in [5.41, 5.74) is 3.62. The molecule has 1 fully saturated rings. The SMILES string of the molecule is Cc1ccc(N(C(=O)c2ccccc2)C2CCN(Cc3ccccc3[N+](=O)[O-])CC2)cc1. The second-order valence-electron chi connectivity index (χ2n) is 8.27. The van der Waals surface area contributed by atoms with Crippen LogP contribution in [0.3, 0.4) is 0 Å². The van der Waals surface area contributed by atoms with Gasteiger partial charge in [-0.1, -0.05) is 54.1 Å². The first-order valence-corrected chi connectivity index (χ1v) is 10.9. The molecule has 3 aromatic rings. The van der Waals surface area contributed by atoms with Gasteiger partial charge in [-0.15, -0.1) is 0 Å². The van der Waals surface area contributed by atoms with Gasteiger partial charge in [-0.25, -0.2) is 0 Å². The lowest BCUT2D eigenvalue weighted by atomic mass is 9.99. The van der Waals surface area contributed by atoms with Crippen LogP contribution in [0.1, 0.15) is 34.3 Å². The Morgan fingerprint density at radius 3 is 2.25 bits per heavy atom. The molecule has 0 N–H and O–H groups in total. The summed E-state index contributed by atoms with van der Waals surface area (Å²) in [7, 11) is 0. The van der Waals surface area contributed by atoms with Crippen molar-refractivity contribution < 1.29 is 9.72 Å². The fourth-order valence-electron chi connectivity index (χ4n) is 4.32. The van der Waals surface area contributed by atoms with E-state index in [-0.39, 0.29) is 22.6 Å². The molecular formula is C26H27N3O3. The summed E-state index contributed by atoms with van der Waals surface area (Å²) < 4.78 is 0. The Labute approximate surface area is 188 Å².